The zero-order valence-electron chi connectivity index (χ0n) is 16.4. The number of carbonyl (C=O) groups excluding carboxylic acids is 1. The molecule has 2 aromatic carbocycles. The molecule has 0 aliphatic heterocycles. The molecule has 0 aliphatic carbocycles. The number of anilines is 1. The van der Waals surface area contributed by atoms with Gasteiger partial charge in [0.05, 0.1) is 31.5 Å². The van der Waals surface area contributed by atoms with Gasteiger partial charge in [-0.2, -0.15) is 5.26 Å². The monoisotopic (exact) mass is 392 g/mol. The summed E-state index contributed by atoms with van der Waals surface area (Å²) < 4.78 is 15.8. The van der Waals surface area contributed by atoms with Crippen LogP contribution in [-0.2, 0) is 11.2 Å². The van der Waals surface area contributed by atoms with Crippen LogP contribution in [-0.4, -0.2) is 20.1 Å². The van der Waals surface area contributed by atoms with Gasteiger partial charge in [0.15, 0.2) is 0 Å². The third-order valence-corrected chi connectivity index (χ3v) is 4.70. The molecule has 3 aromatic rings. The number of rotatable bonds is 6. The minimum absolute atomic E-state index is 0.0766. The average Bonchev–Trinajstić information content (AvgIpc) is 2.72. The normalized spacial score (nSPS) is 10.4. The molecule has 7 nitrogen and oxygen atoms in total. The van der Waals surface area contributed by atoms with Crippen LogP contribution in [0.3, 0.4) is 0 Å². The summed E-state index contributed by atoms with van der Waals surface area (Å²) in [6.07, 6.45) is 0.301. The number of fused-ring (bicyclic) bond motifs is 1. The van der Waals surface area contributed by atoms with Crippen molar-refractivity contribution in [2.45, 2.75) is 19.8 Å². The third-order valence-electron chi connectivity index (χ3n) is 4.70. The average molecular weight is 392 g/mol. The molecule has 0 spiro atoms. The van der Waals surface area contributed by atoms with E-state index in [4.69, 9.17) is 19.2 Å². The van der Waals surface area contributed by atoms with Crippen LogP contribution in [0.15, 0.2) is 45.6 Å². The number of hydrogen-bond donors (Lipinski definition) is 1. The maximum atomic E-state index is 12.4. The maximum absolute atomic E-state index is 12.4. The fraction of sp³-hybridized carbons (Fsp3) is 0.227. The molecule has 0 atom stereocenters. The lowest BCUT2D eigenvalue weighted by Crippen LogP contribution is -2.17. The van der Waals surface area contributed by atoms with Crippen molar-refractivity contribution in [2.24, 2.45) is 0 Å². The number of nitrogens with one attached hydrogen (secondary N) is 1. The Bertz CT molecular complexity index is 1170. The van der Waals surface area contributed by atoms with Crippen LogP contribution in [0.4, 0.5) is 5.69 Å². The molecular formula is C22H20N2O5. The highest BCUT2D eigenvalue weighted by Gasteiger charge is 2.15. The van der Waals surface area contributed by atoms with Crippen molar-refractivity contribution < 1.29 is 18.7 Å². The second-order valence-electron chi connectivity index (χ2n) is 6.43. The molecule has 0 fully saturated rings. The van der Waals surface area contributed by atoms with Gasteiger partial charge < -0.3 is 19.2 Å². The minimum atomic E-state index is -0.472. The Morgan fingerprint density at radius 2 is 1.97 bits per heavy atom. The van der Waals surface area contributed by atoms with Gasteiger partial charge in [0.25, 0.3) is 0 Å². The molecule has 1 amide bonds. The lowest BCUT2D eigenvalue weighted by molar-refractivity contribution is -0.116. The van der Waals surface area contributed by atoms with E-state index in [1.807, 2.05) is 19.1 Å². The van der Waals surface area contributed by atoms with Gasteiger partial charge in [-0.05, 0) is 49.2 Å². The Kier molecular flexibility index (Phi) is 5.84. The van der Waals surface area contributed by atoms with Crippen molar-refractivity contribution in [1.82, 2.24) is 0 Å². The molecule has 1 heterocycles. The molecule has 3 rings (SSSR count). The highest BCUT2D eigenvalue weighted by Crippen LogP contribution is 2.26. The Hall–Kier alpha value is -3.79. The second-order valence-corrected chi connectivity index (χ2v) is 6.43. The Balaban J connectivity index is 1.80. The first-order chi connectivity index (χ1) is 14.0. The Morgan fingerprint density at radius 3 is 2.66 bits per heavy atom. The molecule has 0 saturated carbocycles. The van der Waals surface area contributed by atoms with Crippen molar-refractivity contribution in [3.63, 3.8) is 0 Å². The molecule has 7 heteroatoms. The Labute approximate surface area is 167 Å². The third kappa shape index (κ3) is 4.22. The van der Waals surface area contributed by atoms with Gasteiger partial charge in [0, 0.05) is 23.4 Å². The van der Waals surface area contributed by atoms with E-state index in [0.717, 1.165) is 10.9 Å². The molecule has 29 heavy (non-hydrogen) atoms. The van der Waals surface area contributed by atoms with Gasteiger partial charge in [-0.25, -0.2) is 4.79 Å². The molecule has 148 valence electrons. The van der Waals surface area contributed by atoms with Crippen LogP contribution in [0.5, 0.6) is 11.5 Å². The van der Waals surface area contributed by atoms with E-state index in [1.54, 1.807) is 37.4 Å². The van der Waals surface area contributed by atoms with Crippen LogP contribution in [0.1, 0.15) is 23.1 Å². The second kappa shape index (κ2) is 8.48. The predicted octanol–water partition coefficient (Wildman–Crippen LogP) is 3.56. The van der Waals surface area contributed by atoms with Gasteiger partial charge in [-0.1, -0.05) is 0 Å². The number of amides is 1. The van der Waals surface area contributed by atoms with E-state index in [1.165, 1.54) is 7.11 Å². The van der Waals surface area contributed by atoms with Crippen molar-refractivity contribution in [1.29, 1.82) is 5.26 Å². The van der Waals surface area contributed by atoms with E-state index in [-0.39, 0.29) is 18.7 Å². The van der Waals surface area contributed by atoms with Crippen molar-refractivity contribution in [3.8, 4) is 17.6 Å². The quantitative estimate of drug-likeness (QED) is 0.644. The predicted molar refractivity (Wildman–Crippen MR) is 108 cm³/mol. The first kappa shape index (κ1) is 20.0. The molecule has 0 radical (unpaired) electrons. The largest absolute Gasteiger partial charge is 0.497 e. The topological polar surface area (TPSA) is 102 Å². The Morgan fingerprint density at radius 1 is 1.17 bits per heavy atom. The maximum Gasteiger partial charge on any atom is 0.339 e. The highest BCUT2D eigenvalue weighted by atomic mass is 16.5. The first-order valence-corrected chi connectivity index (χ1v) is 8.95. The van der Waals surface area contributed by atoms with Crippen LogP contribution in [0, 0.1) is 18.3 Å². The van der Waals surface area contributed by atoms with E-state index in [2.05, 4.69) is 5.32 Å². The molecule has 1 N–H and O–H groups in total. The number of ether oxygens (including phenoxy) is 2. The fourth-order valence-electron chi connectivity index (χ4n) is 3.12. The van der Waals surface area contributed by atoms with E-state index in [9.17, 15) is 9.59 Å². The minimum Gasteiger partial charge on any atom is -0.497 e. The van der Waals surface area contributed by atoms with Crippen molar-refractivity contribution in [3.05, 3.63) is 63.5 Å². The summed E-state index contributed by atoms with van der Waals surface area (Å²) in [5.41, 5.74) is 2.01. The van der Waals surface area contributed by atoms with Gasteiger partial charge >= 0.3 is 5.63 Å². The summed E-state index contributed by atoms with van der Waals surface area (Å²) in [6, 6.07) is 12.1. The number of aryl methyl sites for hydroxylation is 1. The van der Waals surface area contributed by atoms with Gasteiger partial charge in [0.2, 0.25) is 5.91 Å². The molecule has 0 saturated heterocycles. The first-order valence-electron chi connectivity index (χ1n) is 8.95. The van der Waals surface area contributed by atoms with Crippen molar-refractivity contribution >= 4 is 22.6 Å². The summed E-state index contributed by atoms with van der Waals surface area (Å²) >= 11 is 0. The summed E-state index contributed by atoms with van der Waals surface area (Å²) in [5.74, 6) is 0.750. The standard InChI is InChI=1S/C22H20N2O5/c1-13-16-6-5-15(27-2)11-20(16)29-22(26)17(13)7-9-21(25)24-18-10-14(12-23)4-8-19(18)28-3/h4-6,8,10-11H,7,9H2,1-3H3,(H,24,25). The van der Waals surface area contributed by atoms with Gasteiger partial charge in [0.1, 0.15) is 17.1 Å². The zero-order valence-corrected chi connectivity index (χ0v) is 16.4. The van der Waals surface area contributed by atoms with E-state index in [0.29, 0.717) is 33.9 Å². The molecule has 0 bridgehead atoms. The lowest BCUT2D eigenvalue weighted by atomic mass is 10.0. The van der Waals surface area contributed by atoms with E-state index >= 15 is 0 Å². The number of hydrogen-bond acceptors (Lipinski definition) is 6. The molecule has 1 aromatic heterocycles. The van der Waals surface area contributed by atoms with E-state index < -0.39 is 5.63 Å². The van der Waals surface area contributed by atoms with Gasteiger partial charge in [-0.3, -0.25) is 4.79 Å². The summed E-state index contributed by atoms with van der Waals surface area (Å²) in [6.45, 7) is 1.83. The molecule has 0 aliphatic rings. The summed E-state index contributed by atoms with van der Waals surface area (Å²) in [4.78, 5) is 24.8. The number of nitrogens with zero attached hydrogens (tertiary/aromatic N) is 1. The summed E-state index contributed by atoms with van der Waals surface area (Å²) in [5, 5.41) is 12.6. The van der Waals surface area contributed by atoms with Crippen molar-refractivity contribution in [2.75, 3.05) is 19.5 Å². The molecule has 0 unspecified atom stereocenters. The van der Waals surface area contributed by atoms with Crippen LogP contribution in [0.25, 0.3) is 11.0 Å². The number of carbonyl (C=O) groups is 1. The SMILES string of the molecule is COc1ccc2c(C)c(CCC(=O)Nc3cc(C#N)ccc3OC)c(=O)oc2c1. The smallest absolute Gasteiger partial charge is 0.339 e. The fourth-order valence-corrected chi connectivity index (χ4v) is 3.12. The highest BCUT2D eigenvalue weighted by molar-refractivity contribution is 5.92. The number of methoxy groups -OCH3 is 2. The van der Waals surface area contributed by atoms with Crippen LogP contribution >= 0.6 is 0 Å². The van der Waals surface area contributed by atoms with Crippen LogP contribution in [0.2, 0.25) is 0 Å². The lowest BCUT2D eigenvalue weighted by Gasteiger charge is -2.11. The van der Waals surface area contributed by atoms with Crippen LogP contribution < -0.4 is 20.4 Å². The zero-order chi connectivity index (χ0) is 21.0. The number of nitriles is 1. The van der Waals surface area contributed by atoms with Gasteiger partial charge in [-0.15, -0.1) is 0 Å². The number of benzene rings is 2. The molecular weight excluding hydrogens is 372 g/mol. The summed E-state index contributed by atoms with van der Waals surface area (Å²) in [7, 11) is 3.02.